The van der Waals surface area contributed by atoms with Crippen LogP contribution < -0.4 is 11.5 Å². The summed E-state index contributed by atoms with van der Waals surface area (Å²) in [5, 5.41) is 0. The van der Waals surface area contributed by atoms with E-state index in [-0.39, 0.29) is 0 Å². The van der Waals surface area contributed by atoms with Crippen molar-refractivity contribution in [3.63, 3.8) is 0 Å². The Morgan fingerprint density at radius 1 is 1.23 bits per heavy atom. The molecule has 1 aliphatic carbocycles. The van der Waals surface area contributed by atoms with Gasteiger partial charge >= 0.3 is 0 Å². The Kier molecular flexibility index (Phi) is 5.31. The maximum atomic E-state index is 5.38. The molecule has 1 saturated heterocycles. The zero-order chi connectivity index (χ0) is 9.52. The van der Waals surface area contributed by atoms with Gasteiger partial charge in [0, 0.05) is 32.2 Å². The Balaban J connectivity index is 0.000000175. The van der Waals surface area contributed by atoms with Crippen LogP contribution in [-0.2, 0) is 4.74 Å². The van der Waals surface area contributed by atoms with Crippen LogP contribution in [0, 0.1) is 0 Å². The molecule has 2 rings (SSSR count). The summed E-state index contributed by atoms with van der Waals surface area (Å²) in [5.74, 6) is 0. The Morgan fingerprint density at radius 2 is 1.77 bits per heavy atom. The van der Waals surface area contributed by atoms with E-state index < -0.39 is 0 Å². The molecule has 2 fully saturated rings. The minimum atomic E-state index is 0.583. The summed E-state index contributed by atoms with van der Waals surface area (Å²) in [6, 6.07) is 0.583. The smallest absolute Gasteiger partial charge is 0.0594 e. The summed E-state index contributed by atoms with van der Waals surface area (Å²) in [7, 11) is 0. The molecular formula is C9H21N3O. The maximum Gasteiger partial charge on any atom is 0.0594 e. The summed E-state index contributed by atoms with van der Waals surface area (Å²) in [6.07, 6.45) is 2.53. The van der Waals surface area contributed by atoms with Gasteiger partial charge in [-0.05, 0) is 12.8 Å². The van der Waals surface area contributed by atoms with Crippen LogP contribution in [0.25, 0.3) is 0 Å². The van der Waals surface area contributed by atoms with Crippen LogP contribution in [0.15, 0.2) is 0 Å². The van der Waals surface area contributed by atoms with Gasteiger partial charge in [-0.25, -0.2) is 0 Å². The molecule has 0 bridgehead atoms. The number of hydrogen-bond acceptors (Lipinski definition) is 4. The molecule has 78 valence electrons. The van der Waals surface area contributed by atoms with E-state index in [1.807, 2.05) is 0 Å². The minimum Gasteiger partial charge on any atom is -0.379 e. The molecule has 0 unspecified atom stereocenters. The van der Waals surface area contributed by atoms with Crippen LogP contribution in [0.5, 0.6) is 0 Å². The molecule has 4 nitrogen and oxygen atoms in total. The molecule has 0 aromatic rings. The number of nitrogens with zero attached hydrogens (tertiary/aromatic N) is 1. The fraction of sp³-hybridized carbons (Fsp3) is 1.00. The molecule has 4 heteroatoms. The highest BCUT2D eigenvalue weighted by molar-refractivity contribution is 4.75. The SMILES string of the molecule is NC1CC1.NCCN1CCOCC1. The normalized spacial score (nSPS) is 23.5. The second-order valence-electron chi connectivity index (χ2n) is 3.58. The summed E-state index contributed by atoms with van der Waals surface area (Å²) in [6.45, 7) is 5.64. The first-order chi connectivity index (χ1) is 6.33. The lowest BCUT2D eigenvalue weighted by molar-refractivity contribution is 0.0394. The largest absolute Gasteiger partial charge is 0.379 e. The fourth-order valence-corrected chi connectivity index (χ4v) is 1.10. The molecule has 0 amide bonds. The molecule has 0 spiro atoms. The predicted octanol–water partition coefficient (Wildman–Crippen LogP) is -0.615. The highest BCUT2D eigenvalue weighted by Crippen LogP contribution is 2.13. The summed E-state index contributed by atoms with van der Waals surface area (Å²) in [4.78, 5) is 2.32. The van der Waals surface area contributed by atoms with Crippen molar-refractivity contribution >= 4 is 0 Å². The number of ether oxygens (including phenoxy) is 1. The summed E-state index contributed by atoms with van der Waals surface area (Å²) < 4.78 is 5.16. The maximum absolute atomic E-state index is 5.38. The van der Waals surface area contributed by atoms with Crippen molar-refractivity contribution in [3.05, 3.63) is 0 Å². The highest BCUT2D eigenvalue weighted by atomic mass is 16.5. The van der Waals surface area contributed by atoms with Gasteiger partial charge in [0.15, 0.2) is 0 Å². The van der Waals surface area contributed by atoms with Crippen LogP contribution in [0.3, 0.4) is 0 Å². The van der Waals surface area contributed by atoms with Crippen LogP contribution in [0.4, 0.5) is 0 Å². The molecule has 4 N–H and O–H groups in total. The minimum absolute atomic E-state index is 0.583. The van der Waals surface area contributed by atoms with E-state index in [1.165, 1.54) is 12.8 Å². The van der Waals surface area contributed by atoms with E-state index in [4.69, 9.17) is 16.2 Å². The van der Waals surface area contributed by atoms with Crippen LogP contribution in [0.2, 0.25) is 0 Å². The van der Waals surface area contributed by atoms with Gasteiger partial charge in [0.25, 0.3) is 0 Å². The van der Waals surface area contributed by atoms with Gasteiger partial charge in [0.2, 0.25) is 0 Å². The van der Waals surface area contributed by atoms with E-state index >= 15 is 0 Å². The molecule has 1 saturated carbocycles. The average molecular weight is 187 g/mol. The molecule has 0 atom stereocenters. The van der Waals surface area contributed by atoms with Crippen molar-refractivity contribution in [2.75, 3.05) is 39.4 Å². The van der Waals surface area contributed by atoms with Crippen molar-refractivity contribution < 1.29 is 4.74 Å². The van der Waals surface area contributed by atoms with Crippen molar-refractivity contribution in [2.24, 2.45) is 11.5 Å². The van der Waals surface area contributed by atoms with Gasteiger partial charge in [-0.2, -0.15) is 0 Å². The number of hydrogen-bond donors (Lipinski definition) is 2. The third kappa shape index (κ3) is 5.99. The lowest BCUT2D eigenvalue weighted by atomic mass is 10.4. The standard InChI is InChI=1S/C6H14N2O.C3H7N/c7-1-2-8-3-5-9-6-4-8;4-3-1-2-3/h1-7H2;3H,1-2,4H2. The van der Waals surface area contributed by atoms with Gasteiger partial charge < -0.3 is 16.2 Å². The predicted molar refractivity (Wildman–Crippen MR) is 53.5 cm³/mol. The van der Waals surface area contributed by atoms with Gasteiger partial charge in [-0.3, -0.25) is 4.90 Å². The molecule has 13 heavy (non-hydrogen) atoms. The molecule has 0 aromatic heterocycles. The number of rotatable bonds is 2. The fourth-order valence-electron chi connectivity index (χ4n) is 1.10. The van der Waals surface area contributed by atoms with Gasteiger partial charge in [-0.15, -0.1) is 0 Å². The molecule has 1 heterocycles. The number of morpholine rings is 1. The molecule has 0 radical (unpaired) electrons. The second kappa shape index (κ2) is 6.32. The van der Waals surface area contributed by atoms with Crippen molar-refractivity contribution in [1.82, 2.24) is 4.90 Å². The summed E-state index contributed by atoms with van der Waals surface area (Å²) in [5.41, 5.74) is 10.6. The van der Waals surface area contributed by atoms with Gasteiger partial charge in [-0.1, -0.05) is 0 Å². The third-order valence-corrected chi connectivity index (χ3v) is 2.17. The van der Waals surface area contributed by atoms with E-state index in [9.17, 15) is 0 Å². The molecule has 2 aliphatic rings. The van der Waals surface area contributed by atoms with E-state index in [0.29, 0.717) is 6.04 Å². The van der Waals surface area contributed by atoms with E-state index in [1.54, 1.807) is 0 Å². The summed E-state index contributed by atoms with van der Waals surface area (Å²) >= 11 is 0. The number of nitrogens with two attached hydrogens (primary N) is 2. The van der Waals surface area contributed by atoms with Gasteiger partial charge in [0.1, 0.15) is 0 Å². The zero-order valence-electron chi connectivity index (χ0n) is 8.24. The Labute approximate surface area is 80.2 Å². The first-order valence-corrected chi connectivity index (χ1v) is 5.08. The first kappa shape index (κ1) is 10.9. The lowest BCUT2D eigenvalue weighted by Gasteiger charge is -2.25. The Morgan fingerprint density at radius 3 is 2.15 bits per heavy atom. The third-order valence-electron chi connectivity index (χ3n) is 2.17. The monoisotopic (exact) mass is 187 g/mol. The zero-order valence-corrected chi connectivity index (χ0v) is 8.24. The van der Waals surface area contributed by atoms with E-state index in [0.717, 1.165) is 39.4 Å². The van der Waals surface area contributed by atoms with E-state index in [2.05, 4.69) is 4.90 Å². The Bertz CT molecular complexity index is 119. The second-order valence-corrected chi connectivity index (χ2v) is 3.58. The topological polar surface area (TPSA) is 64.5 Å². The first-order valence-electron chi connectivity index (χ1n) is 5.08. The molecular weight excluding hydrogens is 166 g/mol. The van der Waals surface area contributed by atoms with Crippen molar-refractivity contribution in [2.45, 2.75) is 18.9 Å². The van der Waals surface area contributed by atoms with Crippen molar-refractivity contribution in [1.29, 1.82) is 0 Å². The molecule has 1 aliphatic heterocycles. The average Bonchev–Trinajstić information content (AvgIpc) is 2.91. The van der Waals surface area contributed by atoms with Crippen molar-refractivity contribution in [3.8, 4) is 0 Å². The quantitative estimate of drug-likeness (QED) is 0.605. The molecule has 0 aromatic carbocycles. The van der Waals surface area contributed by atoms with Gasteiger partial charge in [0.05, 0.1) is 13.2 Å². The van der Waals surface area contributed by atoms with Crippen LogP contribution in [0.1, 0.15) is 12.8 Å². The highest BCUT2D eigenvalue weighted by Gasteiger charge is 2.13. The van der Waals surface area contributed by atoms with Crippen LogP contribution in [-0.4, -0.2) is 50.3 Å². The lowest BCUT2D eigenvalue weighted by Crippen LogP contribution is -2.39. The van der Waals surface area contributed by atoms with Crippen LogP contribution >= 0.6 is 0 Å². The Hall–Kier alpha value is -0.160.